The highest BCUT2D eigenvalue weighted by molar-refractivity contribution is 4.89. The maximum absolute atomic E-state index is 12.0. The SMILES string of the molecule is FC(F)(F)COCCCC1(CNC2CC2)CCCCC1. The molecule has 0 aliphatic heterocycles. The molecule has 2 fully saturated rings. The second-order valence-corrected chi connectivity index (χ2v) is 6.49. The van der Waals surface area contributed by atoms with Crippen LogP contribution >= 0.6 is 0 Å². The van der Waals surface area contributed by atoms with Crippen molar-refractivity contribution < 1.29 is 17.9 Å². The number of rotatable bonds is 8. The van der Waals surface area contributed by atoms with Gasteiger partial charge in [-0.15, -0.1) is 0 Å². The van der Waals surface area contributed by atoms with Gasteiger partial charge in [0.1, 0.15) is 6.61 Å². The number of hydrogen-bond acceptors (Lipinski definition) is 2. The molecule has 2 nitrogen and oxygen atoms in total. The van der Waals surface area contributed by atoms with E-state index in [1.807, 2.05) is 0 Å². The van der Waals surface area contributed by atoms with Crippen molar-refractivity contribution in [2.75, 3.05) is 19.8 Å². The summed E-state index contributed by atoms with van der Waals surface area (Å²) < 4.78 is 40.7. The Morgan fingerprint density at radius 2 is 1.80 bits per heavy atom. The Kier molecular flexibility index (Phi) is 5.73. The zero-order valence-electron chi connectivity index (χ0n) is 12.1. The molecule has 0 radical (unpaired) electrons. The van der Waals surface area contributed by atoms with E-state index in [4.69, 9.17) is 4.74 Å². The van der Waals surface area contributed by atoms with Crippen LogP contribution in [0, 0.1) is 5.41 Å². The van der Waals surface area contributed by atoms with Gasteiger partial charge < -0.3 is 10.1 Å². The van der Waals surface area contributed by atoms with Crippen LogP contribution in [0.3, 0.4) is 0 Å². The molecule has 0 aromatic heterocycles. The van der Waals surface area contributed by atoms with E-state index in [1.165, 1.54) is 44.9 Å². The molecule has 2 aliphatic carbocycles. The van der Waals surface area contributed by atoms with Gasteiger partial charge in [-0.05, 0) is 43.9 Å². The van der Waals surface area contributed by atoms with Crippen molar-refractivity contribution in [3.05, 3.63) is 0 Å². The molecule has 20 heavy (non-hydrogen) atoms. The van der Waals surface area contributed by atoms with Crippen molar-refractivity contribution >= 4 is 0 Å². The fourth-order valence-corrected chi connectivity index (χ4v) is 3.20. The van der Waals surface area contributed by atoms with Gasteiger partial charge in [-0.25, -0.2) is 0 Å². The first kappa shape index (κ1) is 16.1. The van der Waals surface area contributed by atoms with E-state index in [1.54, 1.807) is 0 Å². The molecule has 0 saturated heterocycles. The number of halogens is 3. The van der Waals surface area contributed by atoms with Crippen LogP contribution in [0.1, 0.15) is 57.8 Å². The molecule has 0 aromatic carbocycles. The van der Waals surface area contributed by atoms with E-state index in [-0.39, 0.29) is 6.61 Å². The average molecular weight is 293 g/mol. The van der Waals surface area contributed by atoms with Crippen molar-refractivity contribution in [2.45, 2.75) is 70.0 Å². The fraction of sp³-hybridized carbons (Fsp3) is 1.00. The number of hydrogen-bond donors (Lipinski definition) is 1. The summed E-state index contributed by atoms with van der Waals surface area (Å²) in [4.78, 5) is 0. The van der Waals surface area contributed by atoms with Crippen molar-refractivity contribution in [3.8, 4) is 0 Å². The van der Waals surface area contributed by atoms with E-state index >= 15 is 0 Å². The monoisotopic (exact) mass is 293 g/mol. The average Bonchev–Trinajstić information content (AvgIpc) is 3.20. The van der Waals surface area contributed by atoms with Gasteiger partial charge in [0.05, 0.1) is 0 Å². The summed E-state index contributed by atoms with van der Waals surface area (Å²) >= 11 is 0. The van der Waals surface area contributed by atoms with Crippen molar-refractivity contribution in [1.29, 1.82) is 0 Å². The molecule has 2 aliphatic rings. The minimum absolute atomic E-state index is 0.227. The van der Waals surface area contributed by atoms with E-state index in [0.717, 1.165) is 19.4 Å². The largest absolute Gasteiger partial charge is 0.411 e. The van der Waals surface area contributed by atoms with Gasteiger partial charge in [0.15, 0.2) is 0 Å². The topological polar surface area (TPSA) is 21.3 Å². The number of alkyl halides is 3. The highest BCUT2D eigenvalue weighted by atomic mass is 19.4. The summed E-state index contributed by atoms with van der Waals surface area (Å²) in [5.74, 6) is 0. The minimum Gasteiger partial charge on any atom is -0.372 e. The highest BCUT2D eigenvalue weighted by Crippen LogP contribution is 2.40. The highest BCUT2D eigenvalue weighted by Gasteiger charge is 2.33. The second kappa shape index (κ2) is 7.12. The summed E-state index contributed by atoms with van der Waals surface area (Å²) in [5, 5.41) is 3.61. The first-order valence-electron chi connectivity index (χ1n) is 7.87. The van der Waals surface area contributed by atoms with Crippen LogP contribution in [0.15, 0.2) is 0 Å². The first-order valence-corrected chi connectivity index (χ1v) is 7.87. The third kappa shape index (κ3) is 6.00. The molecule has 0 heterocycles. The molecule has 1 N–H and O–H groups in total. The van der Waals surface area contributed by atoms with Crippen molar-refractivity contribution in [1.82, 2.24) is 5.32 Å². The maximum Gasteiger partial charge on any atom is 0.411 e. The molecule has 0 amide bonds. The quantitative estimate of drug-likeness (QED) is 0.682. The Hall–Kier alpha value is -0.290. The van der Waals surface area contributed by atoms with Gasteiger partial charge in [0.25, 0.3) is 0 Å². The van der Waals surface area contributed by atoms with Crippen LogP contribution in [0.4, 0.5) is 13.2 Å². The van der Waals surface area contributed by atoms with Gasteiger partial charge in [-0.1, -0.05) is 19.3 Å². The molecule has 0 aromatic rings. The predicted molar refractivity (Wildman–Crippen MR) is 72.7 cm³/mol. The number of ether oxygens (including phenoxy) is 1. The third-order valence-corrected chi connectivity index (χ3v) is 4.52. The van der Waals surface area contributed by atoms with Crippen LogP contribution < -0.4 is 5.32 Å². The summed E-state index contributed by atoms with van der Waals surface area (Å²) in [6.07, 6.45) is 6.35. The van der Waals surface area contributed by atoms with Gasteiger partial charge in [-0.2, -0.15) is 13.2 Å². The lowest BCUT2D eigenvalue weighted by Gasteiger charge is -2.38. The molecule has 5 heteroatoms. The van der Waals surface area contributed by atoms with E-state index in [9.17, 15) is 13.2 Å². The van der Waals surface area contributed by atoms with Crippen molar-refractivity contribution in [2.24, 2.45) is 5.41 Å². The second-order valence-electron chi connectivity index (χ2n) is 6.49. The molecule has 2 rings (SSSR count). The van der Waals surface area contributed by atoms with E-state index < -0.39 is 12.8 Å². The lowest BCUT2D eigenvalue weighted by molar-refractivity contribution is -0.174. The molecule has 0 unspecified atom stereocenters. The molecule has 2 saturated carbocycles. The van der Waals surface area contributed by atoms with Gasteiger partial charge in [0, 0.05) is 19.2 Å². The normalized spacial score (nSPS) is 22.9. The van der Waals surface area contributed by atoms with Gasteiger partial charge in [0.2, 0.25) is 0 Å². The summed E-state index contributed by atoms with van der Waals surface area (Å²) in [5.41, 5.74) is 0.308. The lowest BCUT2D eigenvalue weighted by Crippen LogP contribution is -2.37. The molecule has 0 spiro atoms. The molecular weight excluding hydrogens is 267 g/mol. The summed E-state index contributed by atoms with van der Waals surface area (Å²) in [6, 6.07) is 0.704. The Labute approximate surface area is 119 Å². The molecule has 0 atom stereocenters. The third-order valence-electron chi connectivity index (χ3n) is 4.52. The summed E-state index contributed by atoms with van der Waals surface area (Å²) in [6.45, 7) is 0.155. The maximum atomic E-state index is 12.0. The van der Waals surface area contributed by atoms with Crippen LogP contribution in [0.5, 0.6) is 0 Å². The molecular formula is C15H26F3NO. The molecule has 0 bridgehead atoms. The van der Waals surface area contributed by atoms with Crippen molar-refractivity contribution in [3.63, 3.8) is 0 Å². The lowest BCUT2D eigenvalue weighted by atomic mass is 9.71. The molecule has 118 valence electrons. The van der Waals surface area contributed by atoms with Crippen LogP contribution in [-0.2, 0) is 4.74 Å². The Balaban J connectivity index is 1.67. The minimum atomic E-state index is -4.20. The standard InChI is InChI=1S/C15H26F3NO/c16-15(17,18)12-20-10-4-9-14(7-2-1-3-8-14)11-19-13-5-6-13/h13,19H,1-12H2. The fourth-order valence-electron chi connectivity index (χ4n) is 3.20. The first-order chi connectivity index (χ1) is 9.49. The Bertz CT molecular complexity index is 283. The zero-order chi connectivity index (χ0) is 14.5. The van der Waals surface area contributed by atoms with E-state index in [2.05, 4.69) is 5.32 Å². The summed E-state index contributed by atoms with van der Waals surface area (Å²) in [7, 11) is 0. The van der Waals surface area contributed by atoms with Gasteiger partial charge >= 0.3 is 6.18 Å². The van der Waals surface area contributed by atoms with Crippen LogP contribution in [0.25, 0.3) is 0 Å². The zero-order valence-corrected chi connectivity index (χ0v) is 12.1. The number of nitrogens with one attached hydrogen (secondary N) is 1. The Morgan fingerprint density at radius 1 is 1.10 bits per heavy atom. The smallest absolute Gasteiger partial charge is 0.372 e. The van der Waals surface area contributed by atoms with Crippen LogP contribution in [0.2, 0.25) is 0 Å². The predicted octanol–water partition coefficient (Wildman–Crippen LogP) is 4.05. The van der Waals surface area contributed by atoms with Crippen LogP contribution in [-0.4, -0.2) is 32.0 Å². The Morgan fingerprint density at radius 3 is 2.40 bits per heavy atom. The van der Waals surface area contributed by atoms with Gasteiger partial charge in [-0.3, -0.25) is 0 Å². The van der Waals surface area contributed by atoms with E-state index in [0.29, 0.717) is 11.5 Å².